The maximum Gasteiger partial charge on any atom is 0.190 e. The van der Waals surface area contributed by atoms with E-state index >= 15 is 0 Å². The summed E-state index contributed by atoms with van der Waals surface area (Å²) < 4.78 is 13.1. The quantitative estimate of drug-likeness (QED) is 0.268. The number of anilines is 1. The normalized spacial score (nSPS) is 13.1. The molecule has 0 aliphatic carbocycles. The van der Waals surface area contributed by atoms with E-state index < -0.39 is 5.79 Å². The standard InChI is InChI=1S/C25H26N4O4/c26-24-22-12-11-21(29(22)28-18-27-24)23(30)13-14-25(31,33-16-20-9-5-2-6-10-20)17-32-15-19-7-3-1-4-8-19/h1-12,18,31H,13-17H2,(H2,26,27,28)/t25-/m1/s1. The van der Waals surface area contributed by atoms with Crippen LogP contribution < -0.4 is 5.73 Å². The molecule has 170 valence electrons. The average Bonchev–Trinajstić information content (AvgIpc) is 3.29. The van der Waals surface area contributed by atoms with Crippen molar-refractivity contribution < 1.29 is 19.4 Å². The number of nitrogen functional groups attached to an aromatic ring is 1. The molecule has 0 amide bonds. The zero-order valence-corrected chi connectivity index (χ0v) is 18.1. The maximum absolute atomic E-state index is 12.9. The van der Waals surface area contributed by atoms with Crippen molar-refractivity contribution in [3.63, 3.8) is 0 Å². The zero-order valence-electron chi connectivity index (χ0n) is 18.1. The van der Waals surface area contributed by atoms with E-state index in [0.717, 1.165) is 11.1 Å². The van der Waals surface area contributed by atoms with E-state index in [4.69, 9.17) is 15.2 Å². The molecule has 0 bridgehead atoms. The number of aliphatic hydroxyl groups is 1. The second-order valence-electron chi connectivity index (χ2n) is 7.78. The van der Waals surface area contributed by atoms with Crippen molar-refractivity contribution in [1.29, 1.82) is 0 Å². The van der Waals surface area contributed by atoms with Crippen LogP contribution in [0.1, 0.15) is 34.5 Å². The van der Waals surface area contributed by atoms with E-state index in [2.05, 4.69) is 10.1 Å². The number of hydrogen-bond donors (Lipinski definition) is 2. The first kappa shape index (κ1) is 22.6. The minimum atomic E-state index is -1.64. The molecular formula is C25H26N4O4. The van der Waals surface area contributed by atoms with Gasteiger partial charge in [-0.2, -0.15) is 5.10 Å². The third kappa shape index (κ3) is 5.81. The highest BCUT2D eigenvalue weighted by atomic mass is 16.6. The number of benzene rings is 2. The maximum atomic E-state index is 12.9. The van der Waals surface area contributed by atoms with Gasteiger partial charge >= 0.3 is 0 Å². The van der Waals surface area contributed by atoms with Gasteiger partial charge in [-0.05, 0) is 23.3 Å². The van der Waals surface area contributed by atoms with E-state index in [1.54, 1.807) is 12.1 Å². The Morgan fingerprint density at radius 1 is 0.970 bits per heavy atom. The van der Waals surface area contributed by atoms with Crippen molar-refractivity contribution in [1.82, 2.24) is 14.6 Å². The summed E-state index contributed by atoms with van der Waals surface area (Å²) in [7, 11) is 0. The molecule has 0 aliphatic heterocycles. The Morgan fingerprint density at radius 2 is 1.64 bits per heavy atom. The van der Waals surface area contributed by atoms with Crippen LogP contribution in [-0.2, 0) is 22.7 Å². The average molecular weight is 447 g/mol. The number of aromatic nitrogens is 3. The summed E-state index contributed by atoms with van der Waals surface area (Å²) in [6.45, 7) is 0.440. The van der Waals surface area contributed by atoms with E-state index in [1.807, 2.05) is 60.7 Å². The minimum Gasteiger partial charge on any atom is -0.382 e. The molecule has 0 saturated carbocycles. The van der Waals surface area contributed by atoms with Crippen LogP contribution in [0.2, 0.25) is 0 Å². The van der Waals surface area contributed by atoms with Gasteiger partial charge in [-0.15, -0.1) is 0 Å². The highest BCUT2D eigenvalue weighted by molar-refractivity contribution is 5.96. The molecule has 0 aliphatic rings. The Morgan fingerprint density at radius 3 is 2.33 bits per heavy atom. The second kappa shape index (κ2) is 10.4. The first-order chi connectivity index (χ1) is 16.0. The summed E-state index contributed by atoms with van der Waals surface area (Å²) in [5, 5.41) is 15.3. The van der Waals surface area contributed by atoms with Crippen molar-refractivity contribution in [2.45, 2.75) is 31.8 Å². The fraction of sp³-hybridized carbons (Fsp3) is 0.240. The Bertz CT molecular complexity index is 1200. The number of nitrogens with two attached hydrogens (primary N) is 1. The predicted octanol–water partition coefficient (Wildman–Crippen LogP) is 3.40. The number of hydrogen-bond acceptors (Lipinski definition) is 7. The van der Waals surface area contributed by atoms with Gasteiger partial charge in [-0.25, -0.2) is 9.50 Å². The number of rotatable bonds is 11. The first-order valence-electron chi connectivity index (χ1n) is 10.7. The number of fused-ring (bicyclic) bond motifs is 1. The molecule has 0 saturated heterocycles. The van der Waals surface area contributed by atoms with E-state index in [-0.39, 0.29) is 31.8 Å². The van der Waals surface area contributed by atoms with Crippen molar-refractivity contribution in [2.24, 2.45) is 0 Å². The summed E-state index contributed by atoms with van der Waals surface area (Å²) >= 11 is 0. The highest BCUT2D eigenvalue weighted by Gasteiger charge is 2.30. The van der Waals surface area contributed by atoms with Gasteiger partial charge in [0.25, 0.3) is 0 Å². The molecule has 1 atom stereocenters. The highest BCUT2D eigenvalue weighted by Crippen LogP contribution is 2.22. The number of nitrogens with zero attached hydrogens (tertiary/aromatic N) is 3. The lowest BCUT2D eigenvalue weighted by molar-refractivity contribution is -0.243. The van der Waals surface area contributed by atoms with Crippen molar-refractivity contribution in [3.05, 3.63) is 95.9 Å². The lowest BCUT2D eigenvalue weighted by Gasteiger charge is -2.28. The molecule has 0 fully saturated rings. The lowest BCUT2D eigenvalue weighted by Crippen LogP contribution is -2.38. The molecule has 0 radical (unpaired) electrons. The molecule has 0 unspecified atom stereocenters. The minimum absolute atomic E-state index is 0.0377. The molecule has 8 heteroatoms. The molecular weight excluding hydrogens is 420 g/mol. The fourth-order valence-electron chi connectivity index (χ4n) is 3.48. The van der Waals surface area contributed by atoms with Crippen LogP contribution in [0, 0.1) is 0 Å². The van der Waals surface area contributed by atoms with Crippen LogP contribution in [0.25, 0.3) is 5.52 Å². The Labute approximate surface area is 191 Å². The van der Waals surface area contributed by atoms with Gasteiger partial charge in [-0.3, -0.25) is 4.79 Å². The van der Waals surface area contributed by atoms with Gasteiger partial charge < -0.3 is 20.3 Å². The monoisotopic (exact) mass is 446 g/mol. The number of carbonyl (C=O) groups excluding carboxylic acids is 1. The molecule has 8 nitrogen and oxygen atoms in total. The van der Waals surface area contributed by atoms with Crippen molar-refractivity contribution in [3.8, 4) is 0 Å². The number of Topliss-reactive ketones (excluding diaryl/α,β-unsaturated/α-hetero) is 1. The van der Waals surface area contributed by atoms with Gasteiger partial charge in [0.2, 0.25) is 0 Å². The Balaban J connectivity index is 1.43. The molecule has 33 heavy (non-hydrogen) atoms. The van der Waals surface area contributed by atoms with Crippen LogP contribution in [0.15, 0.2) is 79.1 Å². The van der Waals surface area contributed by atoms with Gasteiger partial charge in [0.1, 0.15) is 24.1 Å². The van der Waals surface area contributed by atoms with Crippen LogP contribution in [-0.4, -0.2) is 37.9 Å². The van der Waals surface area contributed by atoms with Gasteiger partial charge in [0.15, 0.2) is 17.4 Å². The topological polar surface area (TPSA) is 112 Å². The molecule has 2 aromatic heterocycles. The number of ether oxygens (including phenoxy) is 2. The predicted molar refractivity (Wildman–Crippen MR) is 123 cm³/mol. The van der Waals surface area contributed by atoms with Crippen LogP contribution in [0.5, 0.6) is 0 Å². The molecule has 2 aromatic carbocycles. The second-order valence-corrected chi connectivity index (χ2v) is 7.78. The molecule has 2 heterocycles. The van der Waals surface area contributed by atoms with E-state index in [1.165, 1.54) is 10.8 Å². The Hall–Kier alpha value is -3.59. The molecule has 3 N–H and O–H groups in total. The zero-order chi connectivity index (χ0) is 23.1. The summed E-state index contributed by atoms with van der Waals surface area (Å²) in [5.74, 6) is -1.54. The van der Waals surface area contributed by atoms with Crippen LogP contribution >= 0.6 is 0 Å². The van der Waals surface area contributed by atoms with Gasteiger partial charge in [-0.1, -0.05) is 60.7 Å². The molecule has 4 rings (SSSR count). The van der Waals surface area contributed by atoms with E-state index in [9.17, 15) is 9.90 Å². The smallest absolute Gasteiger partial charge is 0.190 e. The number of ketones is 1. The van der Waals surface area contributed by atoms with Gasteiger partial charge in [0.05, 0.1) is 13.2 Å². The van der Waals surface area contributed by atoms with Crippen LogP contribution in [0.3, 0.4) is 0 Å². The largest absolute Gasteiger partial charge is 0.382 e. The van der Waals surface area contributed by atoms with E-state index in [0.29, 0.717) is 23.6 Å². The first-order valence-corrected chi connectivity index (χ1v) is 10.7. The van der Waals surface area contributed by atoms with Crippen molar-refractivity contribution in [2.75, 3.05) is 12.3 Å². The summed E-state index contributed by atoms with van der Waals surface area (Å²) in [6.07, 6.45) is 1.40. The Kier molecular flexibility index (Phi) is 7.09. The molecule has 0 spiro atoms. The third-order valence-electron chi connectivity index (χ3n) is 5.30. The lowest BCUT2D eigenvalue weighted by atomic mass is 10.1. The summed E-state index contributed by atoms with van der Waals surface area (Å²) in [4.78, 5) is 16.9. The SMILES string of the molecule is Nc1ncnn2c(C(=O)CC[C@](O)(COCc3ccccc3)OCc3ccccc3)ccc12. The number of carbonyl (C=O) groups is 1. The molecule has 4 aromatic rings. The fourth-order valence-corrected chi connectivity index (χ4v) is 3.48. The third-order valence-corrected chi connectivity index (χ3v) is 5.30. The summed E-state index contributed by atoms with van der Waals surface area (Å²) in [6, 6.07) is 22.5. The van der Waals surface area contributed by atoms with Gasteiger partial charge in [0, 0.05) is 12.8 Å². The van der Waals surface area contributed by atoms with Crippen molar-refractivity contribution >= 4 is 17.1 Å². The summed E-state index contributed by atoms with van der Waals surface area (Å²) in [5.41, 5.74) is 8.67. The van der Waals surface area contributed by atoms with Crippen LogP contribution in [0.4, 0.5) is 5.82 Å².